The Morgan fingerprint density at radius 2 is 1.95 bits per heavy atom. The molecule has 20 heavy (non-hydrogen) atoms. The van der Waals surface area contributed by atoms with Crippen molar-refractivity contribution in [3.8, 4) is 5.75 Å². The first-order valence-corrected chi connectivity index (χ1v) is 10.9. The Balaban J connectivity index is 2.19. The van der Waals surface area contributed by atoms with Crippen LogP contribution < -0.4 is 4.74 Å². The molecule has 3 heteroatoms. The summed E-state index contributed by atoms with van der Waals surface area (Å²) in [5.74, 6) is 1.16. The van der Waals surface area contributed by atoms with Gasteiger partial charge >= 0.3 is 0 Å². The first-order valence-electron chi connectivity index (χ1n) is 7.28. The zero-order valence-corrected chi connectivity index (χ0v) is 13.9. The molecule has 1 atom stereocenters. The quantitative estimate of drug-likeness (QED) is 0.603. The van der Waals surface area contributed by atoms with Crippen LogP contribution in [0.15, 0.2) is 29.8 Å². The molecule has 0 amide bonds. The highest BCUT2D eigenvalue weighted by Gasteiger charge is 2.33. The van der Waals surface area contributed by atoms with E-state index in [0.717, 1.165) is 36.1 Å². The van der Waals surface area contributed by atoms with Gasteiger partial charge in [0.15, 0.2) is 5.78 Å². The standard InChI is InChI=1S/C17H24O2Si/c1-19-17-8-6-5-7-14(17)11-13-9-10-15(12-16(13)18)20(2,3)4/h5-8,11,15H,9-10,12H2,1-4H3. The second kappa shape index (κ2) is 5.96. The maximum Gasteiger partial charge on any atom is 0.158 e. The van der Waals surface area contributed by atoms with Crippen molar-refractivity contribution in [2.75, 3.05) is 7.11 Å². The third-order valence-corrected chi connectivity index (χ3v) is 7.19. The van der Waals surface area contributed by atoms with Crippen molar-refractivity contribution in [3.05, 3.63) is 35.4 Å². The van der Waals surface area contributed by atoms with E-state index in [4.69, 9.17) is 4.74 Å². The lowest BCUT2D eigenvalue weighted by molar-refractivity contribution is -0.116. The largest absolute Gasteiger partial charge is 0.496 e. The van der Waals surface area contributed by atoms with Gasteiger partial charge in [-0.25, -0.2) is 0 Å². The molecule has 0 heterocycles. The fraction of sp³-hybridized carbons (Fsp3) is 0.471. The van der Waals surface area contributed by atoms with Gasteiger partial charge in [0.2, 0.25) is 0 Å². The van der Waals surface area contributed by atoms with E-state index in [1.54, 1.807) is 7.11 Å². The minimum Gasteiger partial charge on any atom is -0.496 e. The van der Waals surface area contributed by atoms with Crippen molar-refractivity contribution in [1.82, 2.24) is 0 Å². The van der Waals surface area contributed by atoms with Crippen molar-refractivity contribution in [2.24, 2.45) is 0 Å². The molecule has 0 spiro atoms. The summed E-state index contributed by atoms with van der Waals surface area (Å²) in [4.78, 5) is 12.4. The molecule has 1 saturated carbocycles. The van der Waals surface area contributed by atoms with Crippen LogP contribution in [0.5, 0.6) is 5.75 Å². The van der Waals surface area contributed by atoms with E-state index in [-0.39, 0.29) is 0 Å². The number of benzene rings is 1. The Bertz CT molecular complexity index is 526. The van der Waals surface area contributed by atoms with Crippen molar-refractivity contribution < 1.29 is 9.53 Å². The molecule has 1 aromatic carbocycles. The van der Waals surface area contributed by atoms with Gasteiger partial charge in [-0.05, 0) is 36.1 Å². The Hall–Kier alpha value is -1.35. The molecular weight excluding hydrogens is 264 g/mol. The predicted octanol–water partition coefficient (Wildman–Crippen LogP) is 4.54. The summed E-state index contributed by atoms with van der Waals surface area (Å²) < 4.78 is 5.35. The molecule has 0 aromatic heterocycles. The van der Waals surface area contributed by atoms with Crippen LogP contribution in [0.2, 0.25) is 25.2 Å². The predicted molar refractivity (Wildman–Crippen MR) is 86.9 cm³/mol. The molecule has 0 N–H and O–H groups in total. The maximum absolute atomic E-state index is 12.4. The summed E-state index contributed by atoms with van der Waals surface area (Å²) in [5, 5.41) is 0. The second-order valence-electron chi connectivity index (χ2n) is 6.64. The van der Waals surface area contributed by atoms with Gasteiger partial charge in [-0.3, -0.25) is 4.79 Å². The SMILES string of the molecule is COc1ccccc1C=C1CCC([Si](C)(C)C)CC1=O. The van der Waals surface area contributed by atoms with Gasteiger partial charge in [-0.15, -0.1) is 0 Å². The van der Waals surface area contributed by atoms with Crippen molar-refractivity contribution in [2.45, 2.75) is 44.4 Å². The zero-order chi connectivity index (χ0) is 14.8. The molecule has 1 aliphatic rings. The van der Waals surface area contributed by atoms with Crippen molar-refractivity contribution in [1.29, 1.82) is 0 Å². The van der Waals surface area contributed by atoms with Gasteiger partial charge in [-0.2, -0.15) is 0 Å². The molecule has 2 nitrogen and oxygen atoms in total. The highest BCUT2D eigenvalue weighted by Crippen LogP contribution is 2.38. The topological polar surface area (TPSA) is 26.3 Å². The molecule has 0 bridgehead atoms. The van der Waals surface area contributed by atoms with E-state index in [1.165, 1.54) is 0 Å². The van der Waals surface area contributed by atoms with Crippen LogP contribution in [0.1, 0.15) is 24.8 Å². The van der Waals surface area contributed by atoms with Crippen molar-refractivity contribution >= 4 is 19.9 Å². The van der Waals surface area contributed by atoms with E-state index in [1.807, 2.05) is 30.3 Å². The Kier molecular flexibility index (Phi) is 4.48. The Morgan fingerprint density at radius 3 is 2.55 bits per heavy atom. The summed E-state index contributed by atoms with van der Waals surface area (Å²) in [7, 11) is 0.458. The fourth-order valence-electron chi connectivity index (χ4n) is 2.79. The molecule has 2 rings (SSSR count). The van der Waals surface area contributed by atoms with Crippen LogP contribution in [0.3, 0.4) is 0 Å². The summed E-state index contributed by atoms with van der Waals surface area (Å²) in [6.45, 7) is 7.08. The summed E-state index contributed by atoms with van der Waals surface area (Å²) in [5.41, 5.74) is 2.60. The number of methoxy groups -OCH3 is 1. The number of carbonyl (C=O) groups excluding carboxylic acids is 1. The van der Waals surface area contributed by atoms with Gasteiger partial charge in [0, 0.05) is 20.1 Å². The number of ether oxygens (including phenoxy) is 1. The normalized spacial score (nSPS) is 22.1. The zero-order valence-electron chi connectivity index (χ0n) is 12.9. The first-order chi connectivity index (χ1) is 9.41. The fourth-order valence-corrected chi connectivity index (χ4v) is 4.60. The van der Waals surface area contributed by atoms with Crippen LogP contribution in [0, 0.1) is 0 Å². The number of para-hydroxylation sites is 1. The molecule has 0 radical (unpaired) electrons. The lowest BCUT2D eigenvalue weighted by atomic mass is 9.91. The number of hydrogen-bond acceptors (Lipinski definition) is 2. The van der Waals surface area contributed by atoms with E-state index in [2.05, 4.69) is 19.6 Å². The van der Waals surface area contributed by atoms with Crippen LogP contribution in [-0.4, -0.2) is 21.0 Å². The van der Waals surface area contributed by atoms with E-state index in [9.17, 15) is 4.79 Å². The van der Waals surface area contributed by atoms with Gasteiger partial charge in [0.05, 0.1) is 7.11 Å². The highest BCUT2D eigenvalue weighted by molar-refractivity contribution is 6.77. The van der Waals surface area contributed by atoms with Crippen LogP contribution in [0.4, 0.5) is 0 Å². The number of allylic oxidation sites excluding steroid dienone is 1. The lowest BCUT2D eigenvalue weighted by Gasteiger charge is -2.32. The number of Topliss-reactive ketones (excluding diaryl/α,β-unsaturated/α-hetero) is 1. The summed E-state index contributed by atoms with van der Waals surface area (Å²) >= 11 is 0. The molecule has 0 aliphatic heterocycles. The van der Waals surface area contributed by atoms with Crippen LogP contribution in [-0.2, 0) is 4.79 Å². The van der Waals surface area contributed by atoms with Crippen LogP contribution in [0.25, 0.3) is 6.08 Å². The third-order valence-electron chi connectivity index (χ3n) is 4.25. The van der Waals surface area contributed by atoms with Crippen LogP contribution >= 0.6 is 0 Å². The average Bonchev–Trinajstić information content (AvgIpc) is 2.40. The number of carbonyl (C=O) groups is 1. The summed E-state index contributed by atoms with van der Waals surface area (Å²) in [6.07, 6.45) is 4.81. The lowest BCUT2D eigenvalue weighted by Crippen LogP contribution is -2.32. The number of hydrogen-bond donors (Lipinski definition) is 0. The van der Waals surface area contributed by atoms with Crippen molar-refractivity contribution in [3.63, 3.8) is 0 Å². The number of ketones is 1. The molecule has 0 saturated heterocycles. The molecule has 1 fully saturated rings. The minimum absolute atomic E-state index is 0.328. The van der Waals surface area contributed by atoms with E-state index in [0.29, 0.717) is 11.3 Å². The van der Waals surface area contributed by atoms with Gasteiger partial charge in [0.1, 0.15) is 5.75 Å². The average molecular weight is 288 g/mol. The van der Waals surface area contributed by atoms with Gasteiger partial charge in [0.25, 0.3) is 0 Å². The molecular formula is C17H24O2Si. The Morgan fingerprint density at radius 1 is 1.25 bits per heavy atom. The first kappa shape index (κ1) is 15.0. The second-order valence-corrected chi connectivity index (χ2v) is 12.2. The van der Waals surface area contributed by atoms with E-state index >= 15 is 0 Å². The number of rotatable bonds is 3. The highest BCUT2D eigenvalue weighted by atomic mass is 28.3. The molecule has 1 aliphatic carbocycles. The minimum atomic E-state index is -1.21. The Labute approximate surface area is 122 Å². The van der Waals surface area contributed by atoms with Gasteiger partial charge < -0.3 is 4.74 Å². The maximum atomic E-state index is 12.4. The summed E-state index contributed by atoms with van der Waals surface area (Å²) in [6, 6.07) is 7.87. The molecule has 1 aromatic rings. The monoisotopic (exact) mass is 288 g/mol. The van der Waals surface area contributed by atoms with E-state index < -0.39 is 8.07 Å². The van der Waals surface area contributed by atoms with Gasteiger partial charge in [-0.1, -0.05) is 37.8 Å². The molecule has 108 valence electrons. The molecule has 1 unspecified atom stereocenters. The third kappa shape index (κ3) is 3.40. The smallest absolute Gasteiger partial charge is 0.158 e.